The van der Waals surface area contributed by atoms with Gasteiger partial charge in [-0.15, -0.1) is 0 Å². The van der Waals surface area contributed by atoms with Gasteiger partial charge in [0.1, 0.15) is 18.3 Å². The number of aliphatic hydroxyl groups excluding tert-OH is 3. The summed E-state index contributed by atoms with van der Waals surface area (Å²) in [6.45, 7) is 1.76. The van der Waals surface area contributed by atoms with Gasteiger partial charge in [-0.25, -0.2) is 0 Å². The van der Waals surface area contributed by atoms with Crippen molar-refractivity contribution in [2.75, 3.05) is 6.54 Å². The van der Waals surface area contributed by atoms with Gasteiger partial charge in [-0.1, -0.05) is 0 Å². The van der Waals surface area contributed by atoms with Crippen molar-refractivity contribution < 1.29 is 20.1 Å². The summed E-state index contributed by atoms with van der Waals surface area (Å²) in [5.41, 5.74) is 5.29. The van der Waals surface area contributed by atoms with Gasteiger partial charge in [0.25, 0.3) is 0 Å². The molecular weight excluding hydrogens is 162 g/mol. The Kier molecular flexibility index (Phi) is 3.03. The van der Waals surface area contributed by atoms with E-state index in [1.54, 1.807) is 6.92 Å². The first-order valence-corrected chi connectivity index (χ1v) is 3.97. The number of aliphatic hydroxyl groups is 3. The Bertz CT molecular complexity index is 150. The van der Waals surface area contributed by atoms with Crippen molar-refractivity contribution in [3.63, 3.8) is 0 Å². The summed E-state index contributed by atoms with van der Waals surface area (Å²) >= 11 is 0. The molecule has 1 rings (SSSR count). The van der Waals surface area contributed by atoms with Crippen molar-refractivity contribution in [2.45, 2.75) is 37.4 Å². The highest BCUT2D eigenvalue weighted by Crippen LogP contribution is 2.19. The molecule has 5 atom stereocenters. The molecule has 0 spiro atoms. The second-order valence-electron chi connectivity index (χ2n) is 3.09. The summed E-state index contributed by atoms with van der Waals surface area (Å²) in [6, 6.07) is 0. The molecule has 1 aliphatic heterocycles. The standard InChI is InChI=1S/C7H15NO4/c1-3-5(9)7(11)6(10)4(2-8)12-3/h3-7,9-11H,2,8H2,1H3/t3-,4+,5-,6+,7+/m0/s1. The molecule has 0 saturated carbocycles. The molecule has 1 fully saturated rings. The van der Waals surface area contributed by atoms with E-state index in [9.17, 15) is 15.3 Å². The summed E-state index contributed by atoms with van der Waals surface area (Å²) in [7, 11) is 0. The number of ether oxygens (including phenoxy) is 1. The van der Waals surface area contributed by atoms with Crippen molar-refractivity contribution in [3.8, 4) is 0 Å². The Labute approximate surface area is 70.8 Å². The first kappa shape index (κ1) is 9.88. The predicted molar refractivity (Wildman–Crippen MR) is 41.4 cm³/mol. The van der Waals surface area contributed by atoms with Crippen LogP contribution in [0.3, 0.4) is 0 Å². The first-order chi connectivity index (χ1) is 5.57. The Balaban J connectivity index is 2.63. The Morgan fingerprint density at radius 3 is 2.25 bits per heavy atom. The zero-order valence-corrected chi connectivity index (χ0v) is 6.92. The van der Waals surface area contributed by atoms with Crippen LogP contribution in [0.25, 0.3) is 0 Å². The largest absolute Gasteiger partial charge is 0.388 e. The predicted octanol–water partition coefficient (Wildman–Crippen LogP) is -2.18. The van der Waals surface area contributed by atoms with Crippen LogP contribution in [0.5, 0.6) is 0 Å². The Hall–Kier alpha value is -0.200. The van der Waals surface area contributed by atoms with Gasteiger partial charge in [0.15, 0.2) is 0 Å². The highest BCUT2D eigenvalue weighted by atomic mass is 16.5. The van der Waals surface area contributed by atoms with Gasteiger partial charge < -0.3 is 25.8 Å². The molecule has 1 aliphatic rings. The first-order valence-electron chi connectivity index (χ1n) is 3.97. The summed E-state index contributed by atoms with van der Waals surface area (Å²) in [5, 5.41) is 27.8. The zero-order chi connectivity index (χ0) is 9.30. The lowest BCUT2D eigenvalue weighted by Crippen LogP contribution is -2.58. The van der Waals surface area contributed by atoms with Crippen LogP contribution in [0.2, 0.25) is 0 Å². The topological polar surface area (TPSA) is 95.9 Å². The molecule has 1 heterocycles. The molecule has 5 heteroatoms. The van der Waals surface area contributed by atoms with Crippen LogP contribution in [0.15, 0.2) is 0 Å². The van der Waals surface area contributed by atoms with Crippen molar-refractivity contribution in [2.24, 2.45) is 5.73 Å². The Morgan fingerprint density at radius 2 is 1.75 bits per heavy atom. The fourth-order valence-electron chi connectivity index (χ4n) is 1.33. The van der Waals surface area contributed by atoms with Gasteiger partial charge >= 0.3 is 0 Å². The van der Waals surface area contributed by atoms with E-state index in [1.807, 2.05) is 0 Å². The molecule has 0 aromatic carbocycles. The van der Waals surface area contributed by atoms with Gasteiger partial charge in [0.05, 0.1) is 12.2 Å². The summed E-state index contributed by atoms with van der Waals surface area (Å²) in [5.74, 6) is 0. The van der Waals surface area contributed by atoms with Crippen molar-refractivity contribution in [3.05, 3.63) is 0 Å². The van der Waals surface area contributed by atoms with E-state index in [1.165, 1.54) is 0 Å². The molecule has 0 amide bonds. The lowest BCUT2D eigenvalue weighted by atomic mass is 9.96. The fraction of sp³-hybridized carbons (Fsp3) is 1.00. The van der Waals surface area contributed by atoms with Gasteiger partial charge in [-0.05, 0) is 6.92 Å². The minimum absolute atomic E-state index is 0.134. The number of nitrogens with two attached hydrogens (primary N) is 1. The zero-order valence-electron chi connectivity index (χ0n) is 6.92. The minimum Gasteiger partial charge on any atom is -0.388 e. The summed E-state index contributed by atoms with van der Waals surface area (Å²) in [4.78, 5) is 0. The average Bonchev–Trinajstić information content (AvgIpc) is 2.08. The number of hydrogen-bond acceptors (Lipinski definition) is 5. The number of hydrogen-bond donors (Lipinski definition) is 4. The molecule has 5 N–H and O–H groups in total. The van der Waals surface area contributed by atoms with Gasteiger partial charge in [0, 0.05) is 6.54 Å². The number of rotatable bonds is 1. The summed E-state index contributed by atoms with van der Waals surface area (Å²) < 4.78 is 5.15. The van der Waals surface area contributed by atoms with Crippen LogP contribution in [-0.2, 0) is 4.74 Å². The molecule has 0 unspecified atom stereocenters. The molecule has 5 nitrogen and oxygen atoms in total. The van der Waals surface area contributed by atoms with E-state index < -0.39 is 30.5 Å². The normalized spacial score (nSPS) is 49.2. The second kappa shape index (κ2) is 3.68. The van der Waals surface area contributed by atoms with Gasteiger partial charge in [-0.3, -0.25) is 0 Å². The fourth-order valence-corrected chi connectivity index (χ4v) is 1.33. The lowest BCUT2D eigenvalue weighted by molar-refractivity contribution is -0.213. The smallest absolute Gasteiger partial charge is 0.111 e. The molecule has 0 bridgehead atoms. The van der Waals surface area contributed by atoms with E-state index in [0.29, 0.717) is 0 Å². The van der Waals surface area contributed by atoms with E-state index in [2.05, 4.69) is 0 Å². The minimum atomic E-state index is -1.16. The maximum absolute atomic E-state index is 9.31. The van der Waals surface area contributed by atoms with E-state index in [-0.39, 0.29) is 6.54 Å². The van der Waals surface area contributed by atoms with Crippen LogP contribution in [0, 0.1) is 0 Å². The molecule has 0 aromatic rings. The van der Waals surface area contributed by atoms with Crippen molar-refractivity contribution >= 4 is 0 Å². The van der Waals surface area contributed by atoms with E-state index in [4.69, 9.17) is 10.5 Å². The molecule has 1 saturated heterocycles. The third-order valence-corrected chi connectivity index (χ3v) is 2.18. The van der Waals surface area contributed by atoms with Crippen molar-refractivity contribution in [1.82, 2.24) is 0 Å². The van der Waals surface area contributed by atoms with Crippen LogP contribution >= 0.6 is 0 Å². The maximum Gasteiger partial charge on any atom is 0.111 e. The summed E-state index contributed by atoms with van der Waals surface area (Å²) in [6.07, 6.45) is -4.37. The second-order valence-corrected chi connectivity index (χ2v) is 3.09. The molecule has 0 aliphatic carbocycles. The Morgan fingerprint density at radius 1 is 1.17 bits per heavy atom. The van der Waals surface area contributed by atoms with E-state index in [0.717, 1.165) is 0 Å². The molecule has 72 valence electrons. The third-order valence-electron chi connectivity index (χ3n) is 2.18. The van der Waals surface area contributed by atoms with Crippen LogP contribution in [0.4, 0.5) is 0 Å². The van der Waals surface area contributed by atoms with Crippen LogP contribution < -0.4 is 5.73 Å². The SMILES string of the molecule is C[C@@H]1O[C@H](CN)[C@@H](O)[C@H](O)[C@H]1O. The molecular formula is C7H15NO4. The van der Waals surface area contributed by atoms with E-state index >= 15 is 0 Å². The highest BCUT2D eigenvalue weighted by molar-refractivity contribution is 4.90. The molecule has 12 heavy (non-hydrogen) atoms. The third kappa shape index (κ3) is 1.60. The monoisotopic (exact) mass is 177 g/mol. The quantitative estimate of drug-likeness (QED) is 0.365. The molecule has 0 radical (unpaired) electrons. The van der Waals surface area contributed by atoms with Gasteiger partial charge in [-0.2, -0.15) is 0 Å². The average molecular weight is 177 g/mol. The van der Waals surface area contributed by atoms with Gasteiger partial charge in [0.2, 0.25) is 0 Å². The van der Waals surface area contributed by atoms with Crippen LogP contribution in [0.1, 0.15) is 6.92 Å². The molecule has 0 aromatic heterocycles. The maximum atomic E-state index is 9.31. The highest BCUT2D eigenvalue weighted by Gasteiger charge is 2.40. The van der Waals surface area contributed by atoms with Crippen molar-refractivity contribution in [1.29, 1.82) is 0 Å². The lowest BCUT2D eigenvalue weighted by Gasteiger charge is -2.38. The van der Waals surface area contributed by atoms with Crippen LogP contribution in [-0.4, -0.2) is 52.4 Å².